The molecule has 0 unspecified atom stereocenters. The Balaban J connectivity index is 2.08. The molecule has 22 heavy (non-hydrogen) atoms. The van der Waals surface area contributed by atoms with Crippen molar-refractivity contribution in [2.24, 2.45) is 0 Å². The van der Waals surface area contributed by atoms with Crippen molar-refractivity contribution in [3.63, 3.8) is 0 Å². The highest BCUT2D eigenvalue weighted by Crippen LogP contribution is 2.18. The van der Waals surface area contributed by atoms with E-state index in [1.807, 2.05) is 13.0 Å². The summed E-state index contributed by atoms with van der Waals surface area (Å²) < 4.78 is 3.19. The highest BCUT2D eigenvalue weighted by molar-refractivity contribution is 7.99. The van der Waals surface area contributed by atoms with Crippen LogP contribution in [0.1, 0.15) is 6.92 Å². The first kappa shape index (κ1) is 14.9. The second-order valence-corrected chi connectivity index (χ2v) is 6.25. The standard InChI is InChI=1S/C15H13ClN4OS/c1-10(2)9-22-15-18-17-13-14(21)19(6-7-20(13)15)12-5-3-4-11(16)8-12/h3-8H,1,9H2,2H3. The van der Waals surface area contributed by atoms with Gasteiger partial charge >= 0.3 is 5.56 Å². The Morgan fingerprint density at radius 1 is 1.36 bits per heavy atom. The average molecular weight is 333 g/mol. The number of halogens is 1. The minimum Gasteiger partial charge on any atom is -0.280 e. The van der Waals surface area contributed by atoms with Gasteiger partial charge in [0.1, 0.15) is 0 Å². The Bertz CT molecular complexity index is 915. The van der Waals surface area contributed by atoms with Gasteiger partial charge in [-0.25, -0.2) is 0 Å². The van der Waals surface area contributed by atoms with E-state index >= 15 is 0 Å². The van der Waals surface area contributed by atoms with Crippen LogP contribution in [0.25, 0.3) is 11.3 Å². The van der Waals surface area contributed by atoms with Crippen LogP contribution in [0, 0.1) is 0 Å². The summed E-state index contributed by atoms with van der Waals surface area (Å²) in [5.41, 5.74) is 1.78. The van der Waals surface area contributed by atoms with Crippen LogP contribution in [-0.2, 0) is 0 Å². The molecular formula is C15H13ClN4OS. The van der Waals surface area contributed by atoms with Gasteiger partial charge in [-0.15, -0.1) is 10.2 Å². The highest BCUT2D eigenvalue weighted by atomic mass is 35.5. The lowest BCUT2D eigenvalue weighted by Gasteiger charge is -2.06. The van der Waals surface area contributed by atoms with Gasteiger partial charge in [0.2, 0.25) is 5.65 Å². The Hall–Kier alpha value is -2.05. The van der Waals surface area contributed by atoms with Crippen molar-refractivity contribution in [2.45, 2.75) is 12.1 Å². The van der Waals surface area contributed by atoms with Crippen LogP contribution < -0.4 is 5.56 Å². The summed E-state index contributed by atoms with van der Waals surface area (Å²) in [4.78, 5) is 12.6. The molecule has 3 rings (SSSR count). The second kappa shape index (κ2) is 5.98. The van der Waals surface area contributed by atoms with E-state index in [1.165, 1.54) is 16.3 Å². The molecule has 0 saturated carbocycles. The minimum atomic E-state index is -0.237. The topological polar surface area (TPSA) is 52.2 Å². The normalized spacial score (nSPS) is 11.0. The molecular weight excluding hydrogens is 320 g/mol. The zero-order chi connectivity index (χ0) is 15.7. The molecule has 2 aromatic heterocycles. The number of fused-ring (bicyclic) bond motifs is 1. The maximum absolute atomic E-state index is 12.6. The predicted octanol–water partition coefficient (Wildman–Crippen LogP) is 3.20. The number of nitrogens with zero attached hydrogens (tertiary/aromatic N) is 4. The first-order valence-electron chi connectivity index (χ1n) is 6.56. The highest BCUT2D eigenvalue weighted by Gasteiger charge is 2.12. The summed E-state index contributed by atoms with van der Waals surface area (Å²) in [7, 11) is 0. The van der Waals surface area contributed by atoms with Crippen LogP contribution in [0.15, 0.2) is 58.8 Å². The molecule has 1 aromatic carbocycles. The van der Waals surface area contributed by atoms with E-state index in [0.29, 0.717) is 15.9 Å². The number of hydrogen-bond acceptors (Lipinski definition) is 4. The molecule has 0 fully saturated rings. The Kier molecular flexibility index (Phi) is 4.04. The summed E-state index contributed by atoms with van der Waals surface area (Å²) in [6.07, 6.45) is 3.47. The first-order valence-corrected chi connectivity index (χ1v) is 7.92. The number of hydrogen-bond donors (Lipinski definition) is 0. The van der Waals surface area contributed by atoms with Crippen LogP contribution in [0.4, 0.5) is 0 Å². The van der Waals surface area contributed by atoms with E-state index in [0.717, 1.165) is 11.3 Å². The van der Waals surface area contributed by atoms with Gasteiger partial charge < -0.3 is 0 Å². The van der Waals surface area contributed by atoms with E-state index in [2.05, 4.69) is 16.8 Å². The van der Waals surface area contributed by atoms with Crippen LogP contribution in [0.3, 0.4) is 0 Å². The summed E-state index contributed by atoms with van der Waals surface area (Å²) in [5.74, 6) is 0.734. The molecule has 0 aliphatic rings. The lowest BCUT2D eigenvalue weighted by atomic mass is 10.3. The van der Waals surface area contributed by atoms with Gasteiger partial charge in [-0.05, 0) is 25.1 Å². The van der Waals surface area contributed by atoms with Crippen molar-refractivity contribution in [1.82, 2.24) is 19.2 Å². The van der Waals surface area contributed by atoms with Crippen molar-refractivity contribution in [3.8, 4) is 5.69 Å². The van der Waals surface area contributed by atoms with E-state index in [4.69, 9.17) is 11.6 Å². The van der Waals surface area contributed by atoms with Crippen LogP contribution in [-0.4, -0.2) is 24.9 Å². The summed E-state index contributed by atoms with van der Waals surface area (Å²) in [6, 6.07) is 7.10. The van der Waals surface area contributed by atoms with Gasteiger partial charge in [0.05, 0.1) is 5.69 Å². The summed E-state index contributed by atoms with van der Waals surface area (Å²) in [5, 5.41) is 9.32. The molecule has 0 spiro atoms. The number of rotatable bonds is 4. The maximum atomic E-state index is 12.6. The third kappa shape index (κ3) is 2.80. The molecule has 5 nitrogen and oxygen atoms in total. The number of aromatic nitrogens is 4. The first-order chi connectivity index (χ1) is 10.6. The zero-order valence-corrected chi connectivity index (χ0v) is 13.4. The summed E-state index contributed by atoms with van der Waals surface area (Å²) in [6.45, 7) is 5.80. The third-order valence-electron chi connectivity index (χ3n) is 2.97. The van der Waals surface area contributed by atoms with E-state index < -0.39 is 0 Å². The van der Waals surface area contributed by atoms with Gasteiger partial charge in [-0.3, -0.25) is 13.8 Å². The molecule has 0 saturated heterocycles. The van der Waals surface area contributed by atoms with Crippen LogP contribution >= 0.6 is 23.4 Å². The predicted molar refractivity (Wildman–Crippen MR) is 89.1 cm³/mol. The average Bonchev–Trinajstić information content (AvgIpc) is 2.89. The third-order valence-corrected chi connectivity index (χ3v) is 4.38. The molecule has 112 valence electrons. The minimum absolute atomic E-state index is 0.237. The quantitative estimate of drug-likeness (QED) is 0.544. The molecule has 2 heterocycles. The van der Waals surface area contributed by atoms with Crippen molar-refractivity contribution in [3.05, 3.63) is 64.2 Å². The molecule has 3 aromatic rings. The van der Waals surface area contributed by atoms with Gasteiger partial charge in [-0.1, -0.05) is 41.6 Å². The number of thioether (sulfide) groups is 1. The molecule has 7 heteroatoms. The van der Waals surface area contributed by atoms with Gasteiger partial charge in [0.15, 0.2) is 5.16 Å². The van der Waals surface area contributed by atoms with Crippen molar-refractivity contribution in [2.75, 3.05) is 5.75 Å². The van der Waals surface area contributed by atoms with Gasteiger partial charge in [0, 0.05) is 23.2 Å². The SMILES string of the molecule is C=C(C)CSc1nnc2c(=O)n(-c3cccc(Cl)c3)ccn12. The maximum Gasteiger partial charge on any atom is 0.300 e. The van der Waals surface area contributed by atoms with E-state index in [9.17, 15) is 4.79 Å². The fourth-order valence-corrected chi connectivity index (χ4v) is 2.93. The monoisotopic (exact) mass is 332 g/mol. The molecule has 0 atom stereocenters. The van der Waals surface area contributed by atoms with Crippen LogP contribution in [0.5, 0.6) is 0 Å². The Labute approximate surface area is 136 Å². The molecule has 0 aliphatic heterocycles. The molecule has 0 radical (unpaired) electrons. The van der Waals surface area contributed by atoms with Crippen molar-refractivity contribution in [1.29, 1.82) is 0 Å². The fourth-order valence-electron chi connectivity index (χ4n) is 1.98. The Morgan fingerprint density at radius 2 is 2.18 bits per heavy atom. The molecule has 0 amide bonds. The Morgan fingerprint density at radius 3 is 2.91 bits per heavy atom. The van der Waals surface area contributed by atoms with Crippen molar-refractivity contribution < 1.29 is 0 Å². The molecule has 0 aliphatic carbocycles. The van der Waals surface area contributed by atoms with Gasteiger partial charge in [-0.2, -0.15) is 0 Å². The van der Waals surface area contributed by atoms with E-state index in [-0.39, 0.29) is 11.2 Å². The zero-order valence-electron chi connectivity index (χ0n) is 11.9. The second-order valence-electron chi connectivity index (χ2n) is 4.88. The van der Waals surface area contributed by atoms with Gasteiger partial charge in [0.25, 0.3) is 0 Å². The largest absolute Gasteiger partial charge is 0.300 e. The fraction of sp³-hybridized carbons (Fsp3) is 0.133. The molecule has 0 bridgehead atoms. The lowest BCUT2D eigenvalue weighted by Crippen LogP contribution is -2.20. The van der Waals surface area contributed by atoms with Crippen molar-refractivity contribution >= 4 is 29.0 Å². The van der Waals surface area contributed by atoms with Crippen LogP contribution in [0.2, 0.25) is 5.02 Å². The smallest absolute Gasteiger partial charge is 0.280 e. The van der Waals surface area contributed by atoms with E-state index in [1.54, 1.807) is 35.0 Å². The summed E-state index contributed by atoms with van der Waals surface area (Å²) >= 11 is 7.48. The molecule has 0 N–H and O–H groups in total. The lowest BCUT2D eigenvalue weighted by molar-refractivity contribution is 0.894. The number of benzene rings is 1.